The highest BCUT2D eigenvalue weighted by Gasteiger charge is 2.13. The highest BCUT2D eigenvalue weighted by Crippen LogP contribution is 2.14. The number of rotatable bonds is 5. The average molecular weight is 343 g/mol. The van der Waals surface area contributed by atoms with Gasteiger partial charge < -0.3 is 4.74 Å². The Morgan fingerprint density at radius 1 is 1.00 bits per heavy atom. The Balaban J connectivity index is 1.55. The number of hydrogen-bond donors (Lipinski definition) is 0. The molecule has 0 spiro atoms. The van der Waals surface area contributed by atoms with Gasteiger partial charge in [-0.3, -0.25) is 4.99 Å². The first-order valence-electron chi connectivity index (χ1n) is 6.83. The maximum atomic E-state index is 5.65. The Morgan fingerprint density at radius 2 is 1.76 bits per heavy atom. The van der Waals surface area contributed by atoms with Crippen molar-refractivity contribution in [2.45, 2.75) is 12.5 Å². The normalized spacial score (nSPS) is 16.8. The third kappa shape index (κ3) is 4.02. The first-order chi connectivity index (χ1) is 10.3. The summed E-state index contributed by atoms with van der Waals surface area (Å²) < 4.78 is 6.74. The van der Waals surface area contributed by atoms with E-state index in [1.54, 1.807) is 0 Å². The first-order valence-corrected chi connectivity index (χ1v) is 7.62. The second-order valence-electron chi connectivity index (χ2n) is 4.82. The Bertz CT molecular complexity index is 650. The average Bonchev–Trinajstić information content (AvgIpc) is 2.96. The largest absolute Gasteiger partial charge is 0.486 e. The Hall–Kier alpha value is -1.94. The molecule has 0 aliphatic carbocycles. The summed E-state index contributed by atoms with van der Waals surface area (Å²) in [6, 6.07) is 18.1. The molecule has 0 N–H and O–H groups in total. The van der Waals surface area contributed by atoms with Crippen LogP contribution >= 0.6 is 15.9 Å². The van der Waals surface area contributed by atoms with Crippen molar-refractivity contribution in [2.75, 3.05) is 6.61 Å². The Morgan fingerprint density at radius 3 is 2.52 bits per heavy atom. The fourth-order valence-corrected chi connectivity index (χ4v) is 2.39. The van der Waals surface area contributed by atoms with E-state index in [1.807, 2.05) is 48.7 Å². The third-order valence-electron chi connectivity index (χ3n) is 3.18. The molecule has 1 aliphatic rings. The summed E-state index contributed by atoms with van der Waals surface area (Å²) in [5.74, 6) is 1.59. The lowest BCUT2D eigenvalue weighted by molar-refractivity contribution is 0.375. The predicted molar refractivity (Wildman–Crippen MR) is 89.5 cm³/mol. The number of benzene rings is 2. The second-order valence-corrected chi connectivity index (χ2v) is 5.74. The van der Waals surface area contributed by atoms with E-state index in [1.165, 1.54) is 5.56 Å². The van der Waals surface area contributed by atoms with Crippen LogP contribution in [0.15, 0.2) is 69.1 Å². The van der Waals surface area contributed by atoms with Crippen molar-refractivity contribution in [3.8, 4) is 5.75 Å². The van der Waals surface area contributed by atoms with Crippen molar-refractivity contribution in [1.29, 1.82) is 0 Å². The second kappa shape index (κ2) is 6.68. The molecule has 0 amide bonds. The number of hydrogen-bond acceptors (Lipinski definition) is 3. The van der Waals surface area contributed by atoms with E-state index < -0.39 is 0 Å². The summed E-state index contributed by atoms with van der Waals surface area (Å²) in [7, 11) is 0. The van der Waals surface area contributed by atoms with Crippen LogP contribution in [0.25, 0.3) is 0 Å². The molecule has 0 fully saturated rings. The quantitative estimate of drug-likeness (QED) is 0.810. The molecule has 0 aromatic heterocycles. The van der Waals surface area contributed by atoms with Crippen molar-refractivity contribution in [3.63, 3.8) is 0 Å². The van der Waals surface area contributed by atoms with Gasteiger partial charge in [0.1, 0.15) is 12.4 Å². The SMILES string of the molecule is Brc1ccc(CC2C=NC(COc3ccccc3)=N2)cc1. The monoisotopic (exact) mass is 342 g/mol. The van der Waals surface area contributed by atoms with Crippen molar-refractivity contribution in [3.05, 3.63) is 64.6 Å². The van der Waals surface area contributed by atoms with Crippen molar-refractivity contribution >= 4 is 28.0 Å². The van der Waals surface area contributed by atoms with E-state index in [2.05, 4.69) is 38.0 Å². The lowest BCUT2D eigenvalue weighted by Gasteiger charge is -2.05. The van der Waals surface area contributed by atoms with Gasteiger partial charge in [-0.2, -0.15) is 0 Å². The summed E-state index contributed by atoms with van der Waals surface area (Å²) in [5, 5.41) is 0. The van der Waals surface area contributed by atoms with Gasteiger partial charge in [0.15, 0.2) is 5.84 Å². The molecule has 1 heterocycles. The maximum Gasteiger partial charge on any atom is 0.161 e. The molecule has 3 rings (SSSR count). The number of amidine groups is 1. The highest BCUT2D eigenvalue weighted by atomic mass is 79.9. The first kappa shape index (κ1) is 14.0. The van der Waals surface area contributed by atoms with Gasteiger partial charge in [-0.1, -0.05) is 46.3 Å². The van der Waals surface area contributed by atoms with Gasteiger partial charge in [-0.25, -0.2) is 4.99 Å². The molecular weight excluding hydrogens is 328 g/mol. The molecule has 0 bridgehead atoms. The molecule has 106 valence electrons. The Labute approximate surface area is 132 Å². The lowest BCUT2D eigenvalue weighted by atomic mass is 10.1. The van der Waals surface area contributed by atoms with E-state index in [4.69, 9.17) is 4.74 Å². The van der Waals surface area contributed by atoms with E-state index >= 15 is 0 Å². The minimum Gasteiger partial charge on any atom is -0.486 e. The van der Waals surface area contributed by atoms with Gasteiger partial charge in [-0.15, -0.1) is 0 Å². The number of aliphatic imine (C=N–C) groups is 2. The Kier molecular flexibility index (Phi) is 4.46. The molecule has 1 unspecified atom stereocenters. The molecule has 1 atom stereocenters. The zero-order valence-electron chi connectivity index (χ0n) is 11.4. The summed E-state index contributed by atoms with van der Waals surface area (Å²) in [6.07, 6.45) is 2.76. The number of para-hydroxylation sites is 1. The van der Waals surface area contributed by atoms with Crippen LogP contribution in [0.1, 0.15) is 5.56 Å². The third-order valence-corrected chi connectivity index (χ3v) is 3.71. The molecule has 4 heteroatoms. The topological polar surface area (TPSA) is 34.0 Å². The van der Waals surface area contributed by atoms with Crippen LogP contribution in [0.5, 0.6) is 5.75 Å². The van der Waals surface area contributed by atoms with E-state index in [0.29, 0.717) is 6.61 Å². The van der Waals surface area contributed by atoms with Crippen LogP contribution in [0.3, 0.4) is 0 Å². The lowest BCUT2D eigenvalue weighted by Crippen LogP contribution is -2.10. The zero-order chi connectivity index (χ0) is 14.5. The number of halogens is 1. The summed E-state index contributed by atoms with van der Waals surface area (Å²) >= 11 is 3.44. The minimum absolute atomic E-state index is 0.112. The molecule has 21 heavy (non-hydrogen) atoms. The van der Waals surface area contributed by atoms with Crippen LogP contribution in [0, 0.1) is 0 Å². The van der Waals surface area contributed by atoms with Gasteiger partial charge in [-0.05, 0) is 36.2 Å². The van der Waals surface area contributed by atoms with Gasteiger partial charge in [0.25, 0.3) is 0 Å². The molecule has 0 saturated heterocycles. The van der Waals surface area contributed by atoms with Crippen LogP contribution in [-0.2, 0) is 6.42 Å². The van der Waals surface area contributed by atoms with Crippen molar-refractivity contribution in [2.24, 2.45) is 9.98 Å². The van der Waals surface area contributed by atoms with Gasteiger partial charge in [0.2, 0.25) is 0 Å². The van der Waals surface area contributed by atoms with E-state index in [-0.39, 0.29) is 6.04 Å². The van der Waals surface area contributed by atoms with Gasteiger partial charge >= 0.3 is 0 Å². The van der Waals surface area contributed by atoms with Crippen molar-refractivity contribution in [1.82, 2.24) is 0 Å². The smallest absolute Gasteiger partial charge is 0.161 e. The molecule has 0 saturated carbocycles. The van der Waals surface area contributed by atoms with Crippen LogP contribution in [0.2, 0.25) is 0 Å². The highest BCUT2D eigenvalue weighted by molar-refractivity contribution is 9.10. The fourth-order valence-electron chi connectivity index (χ4n) is 2.13. The van der Waals surface area contributed by atoms with Gasteiger partial charge in [0, 0.05) is 10.7 Å². The van der Waals surface area contributed by atoms with Gasteiger partial charge in [0.05, 0.1) is 6.04 Å². The van der Waals surface area contributed by atoms with Crippen LogP contribution in [-0.4, -0.2) is 24.7 Å². The maximum absolute atomic E-state index is 5.65. The number of nitrogens with zero attached hydrogens (tertiary/aromatic N) is 2. The molecule has 1 aliphatic heterocycles. The van der Waals surface area contributed by atoms with Crippen LogP contribution < -0.4 is 4.74 Å². The zero-order valence-corrected chi connectivity index (χ0v) is 13.0. The van der Waals surface area contributed by atoms with Crippen molar-refractivity contribution < 1.29 is 4.74 Å². The molecule has 2 aromatic rings. The van der Waals surface area contributed by atoms with E-state index in [0.717, 1.165) is 22.5 Å². The minimum atomic E-state index is 0.112. The summed E-state index contributed by atoms with van der Waals surface area (Å²) in [6.45, 7) is 0.414. The summed E-state index contributed by atoms with van der Waals surface area (Å²) in [4.78, 5) is 8.92. The van der Waals surface area contributed by atoms with E-state index in [9.17, 15) is 0 Å². The molecule has 0 radical (unpaired) electrons. The van der Waals surface area contributed by atoms with Crippen LogP contribution in [0.4, 0.5) is 0 Å². The predicted octanol–water partition coefficient (Wildman–Crippen LogP) is 3.92. The molecule has 2 aromatic carbocycles. The summed E-state index contributed by atoms with van der Waals surface area (Å²) in [5.41, 5.74) is 1.25. The number of ether oxygens (including phenoxy) is 1. The molecule has 3 nitrogen and oxygen atoms in total. The molecular formula is C17H15BrN2O. The standard InChI is InChI=1S/C17H15BrN2O/c18-14-8-6-13(7-9-14)10-15-11-19-17(20-15)12-21-16-4-2-1-3-5-16/h1-9,11,15H,10,12H2. The fraction of sp³-hybridized carbons (Fsp3) is 0.176.